The Labute approximate surface area is 198 Å². The number of hydrogen-bond donors (Lipinski definition) is 1. The molecule has 0 radical (unpaired) electrons. The van der Waals surface area contributed by atoms with Gasteiger partial charge < -0.3 is 23.9 Å². The Morgan fingerprint density at radius 3 is 1.46 bits per heavy atom. The van der Waals surface area contributed by atoms with Gasteiger partial charge >= 0.3 is 23.9 Å². The first-order valence-corrected chi connectivity index (χ1v) is 10.7. The number of rotatable bonds is 14. The molecular formula is C20H25N3O12. The fourth-order valence-corrected chi connectivity index (χ4v) is 2.72. The molecule has 2 aliphatic rings. The van der Waals surface area contributed by atoms with Crippen LogP contribution in [-0.4, -0.2) is 84.0 Å². The van der Waals surface area contributed by atoms with E-state index >= 15 is 0 Å². The standard InChI is InChI=1S/C20H25N3O12/c21-13-1-2-14(24)22(13)34-19(29)7-5-17(27)32-11-9-31-10-12-33-18(28)6-8-20(30)35-23-15(25)3-4-16(23)26/h21H,1-12H2. The smallest absolute Gasteiger partial charge is 0.333 e. The normalized spacial score (nSPS) is 15.4. The molecule has 35 heavy (non-hydrogen) atoms. The van der Waals surface area contributed by atoms with Crippen LogP contribution in [0.1, 0.15) is 51.4 Å². The van der Waals surface area contributed by atoms with E-state index in [-0.39, 0.29) is 83.6 Å². The second-order valence-electron chi connectivity index (χ2n) is 7.20. The summed E-state index contributed by atoms with van der Waals surface area (Å²) in [5.41, 5.74) is 0. The van der Waals surface area contributed by atoms with E-state index in [0.29, 0.717) is 10.1 Å². The van der Waals surface area contributed by atoms with Crippen LogP contribution >= 0.6 is 0 Å². The molecule has 0 aromatic heterocycles. The van der Waals surface area contributed by atoms with E-state index in [0.717, 1.165) is 0 Å². The third-order valence-corrected chi connectivity index (χ3v) is 4.49. The largest absolute Gasteiger partial charge is 0.463 e. The van der Waals surface area contributed by atoms with Gasteiger partial charge in [0, 0.05) is 25.7 Å². The monoisotopic (exact) mass is 499 g/mol. The minimum absolute atomic E-state index is 0.00258. The van der Waals surface area contributed by atoms with Crippen molar-refractivity contribution in [2.24, 2.45) is 0 Å². The average Bonchev–Trinajstić information content (AvgIpc) is 3.31. The van der Waals surface area contributed by atoms with Gasteiger partial charge in [0.25, 0.3) is 17.7 Å². The van der Waals surface area contributed by atoms with Crippen LogP contribution < -0.4 is 0 Å². The number of carbonyl (C=O) groups excluding carboxylic acids is 7. The Morgan fingerprint density at radius 2 is 1.00 bits per heavy atom. The van der Waals surface area contributed by atoms with Crippen molar-refractivity contribution in [1.82, 2.24) is 10.1 Å². The molecule has 2 saturated heterocycles. The van der Waals surface area contributed by atoms with E-state index in [4.69, 9.17) is 24.5 Å². The summed E-state index contributed by atoms with van der Waals surface area (Å²) >= 11 is 0. The van der Waals surface area contributed by atoms with Crippen LogP contribution in [0.5, 0.6) is 0 Å². The number of amidine groups is 1. The SMILES string of the molecule is N=C1CCC(=O)N1OC(=O)CCC(=O)OCCOCCOC(=O)CCC(=O)ON1C(=O)CCC1=O. The lowest BCUT2D eigenvalue weighted by molar-refractivity contribution is -0.197. The van der Waals surface area contributed by atoms with Crippen LogP contribution in [0.3, 0.4) is 0 Å². The van der Waals surface area contributed by atoms with Crippen molar-refractivity contribution in [2.45, 2.75) is 51.4 Å². The lowest BCUT2D eigenvalue weighted by Gasteiger charge is -2.14. The maximum atomic E-state index is 11.6. The summed E-state index contributed by atoms with van der Waals surface area (Å²) in [6.45, 7) is -0.248. The first-order chi connectivity index (χ1) is 16.7. The van der Waals surface area contributed by atoms with Gasteiger partial charge in [0.05, 0.1) is 38.9 Å². The summed E-state index contributed by atoms with van der Waals surface area (Å²) in [4.78, 5) is 89.9. The predicted molar refractivity (Wildman–Crippen MR) is 108 cm³/mol. The lowest BCUT2D eigenvalue weighted by atomic mass is 10.3. The Hall–Kier alpha value is -3.88. The molecule has 2 aliphatic heterocycles. The third kappa shape index (κ3) is 9.48. The lowest BCUT2D eigenvalue weighted by Crippen LogP contribution is -2.32. The van der Waals surface area contributed by atoms with Crippen LogP contribution in [0.2, 0.25) is 0 Å². The van der Waals surface area contributed by atoms with Crippen molar-refractivity contribution in [3.63, 3.8) is 0 Å². The van der Waals surface area contributed by atoms with Gasteiger partial charge in [-0.05, 0) is 0 Å². The highest BCUT2D eigenvalue weighted by molar-refractivity contribution is 6.03. The van der Waals surface area contributed by atoms with Crippen molar-refractivity contribution in [3.8, 4) is 0 Å². The number of carbonyl (C=O) groups is 7. The van der Waals surface area contributed by atoms with Crippen LogP contribution in [0.4, 0.5) is 0 Å². The summed E-state index contributed by atoms with van der Waals surface area (Å²) in [6.07, 6.45) is -1.09. The Balaban J connectivity index is 1.43. The maximum Gasteiger partial charge on any atom is 0.333 e. The molecular weight excluding hydrogens is 474 g/mol. The van der Waals surface area contributed by atoms with Crippen molar-refractivity contribution >= 4 is 47.4 Å². The number of imide groups is 1. The Bertz CT molecular complexity index is 785. The molecule has 0 unspecified atom stereocenters. The summed E-state index contributed by atoms with van der Waals surface area (Å²) in [5.74, 6) is -5.01. The number of amides is 3. The molecule has 0 aromatic rings. The van der Waals surface area contributed by atoms with Crippen LogP contribution in [0, 0.1) is 5.41 Å². The van der Waals surface area contributed by atoms with Gasteiger partial charge in [0.15, 0.2) is 0 Å². The van der Waals surface area contributed by atoms with E-state index in [1.165, 1.54) is 0 Å². The predicted octanol–water partition coefficient (Wildman–Crippen LogP) is -0.685. The molecule has 0 bridgehead atoms. The molecule has 15 nitrogen and oxygen atoms in total. The van der Waals surface area contributed by atoms with Crippen molar-refractivity contribution < 1.29 is 57.4 Å². The molecule has 0 spiro atoms. The summed E-state index contributed by atoms with van der Waals surface area (Å²) in [6, 6.07) is 0. The minimum atomic E-state index is -0.916. The molecule has 2 fully saturated rings. The molecule has 0 aromatic carbocycles. The molecule has 1 N–H and O–H groups in total. The summed E-state index contributed by atoms with van der Waals surface area (Å²) in [7, 11) is 0. The van der Waals surface area contributed by atoms with Crippen LogP contribution in [0.25, 0.3) is 0 Å². The minimum Gasteiger partial charge on any atom is -0.463 e. The highest BCUT2D eigenvalue weighted by atomic mass is 16.7. The van der Waals surface area contributed by atoms with Crippen LogP contribution in [-0.2, 0) is 57.4 Å². The molecule has 0 atom stereocenters. The topological polar surface area (TPSA) is 196 Å². The number of hydrogen-bond acceptors (Lipinski definition) is 13. The first kappa shape index (κ1) is 27.4. The molecule has 2 heterocycles. The number of ether oxygens (including phenoxy) is 3. The number of nitrogens with one attached hydrogen (secondary N) is 1. The van der Waals surface area contributed by atoms with Crippen molar-refractivity contribution in [2.75, 3.05) is 26.4 Å². The maximum absolute atomic E-state index is 11.6. The van der Waals surface area contributed by atoms with Gasteiger partial charge in [-0.15, -0.1) is 10.1 Å². The number of nitrogens with zero attached hydrogens (tertiary/aromatic N) is 2. The summed E-state index contributed by atoms with van der Waals surface area (Å²) in [5, 5.41) is 8.47. The third-order valence-electron chi connectivity index (χ3n) is 4.49. The zero-order chi connectivity index (χ0) is 25.8. The highest BCUT2D eigenvalue weighted by Gasteiger charge is 2.33. The Kier molecular flexibility index (Phi) is 10.7. The van der Waals surface area contributed by atoms with E-state index < -0.39 is 41.6 Å². The quantitative estimate of drug-likeness (QED) is 0.180. The molecule has 0 saturated carbocycles. The molecule has 3 amide bonds. The van der Waals surface area contributed by atoms with Gasteiger partial charge in [-0.2, -0.15) is 0 Å². The summed E-state index contributed by atoms with van der Waals surface area (Å²) < 4.78 is 14.8. The van der Waals surface area contributed by atoms with E-state index in [1.54, 1.807) is 0 Å². The average molecular weight is 499 g/mol. The highest BCUT2D eigenvalue weighted by Crippen LogP contribution is 2.14. The van der Waals surface area contributed by atoms with E-state index in [2.05, 4.69) is 4.84 Å². The first-order valence-electron chi connectivity index (χ1n) is 10.7. The van der Waals surface area contributed by atoms with Gasteiger partial charge in [0.1, 0.15) is 19.0 Å². The zero-order valence-electron chi connectivity index (χ0n) is 18.8. The van der Waals surface area contributed by atoms with Crippen molar-refractivity contribution in [3.05, 3.63) is 0 Å². The van der Waals surface area contributed by atoms with E-state index in [1.807, 2.05) is 0 Å². The molecule has 2 rings (SSSR count). The molecule has 15 heteroatoms. The van der Waals surface area contributed by atoms with Gasteiger partial charge in [-0.1, -0.05) is 0 Å². The number of esters is 2. The fraction of sp³-hybridized carbons (Fsp3) is 0.600. The second-order valence-corrected chi connectivity index (χ2v) is 7.20. The van der Waals surface area contributed by atoms with Crippen LogP contribution in [0.15, 0.2) is 0 Å². The van der Waals surface area contributed by atoms with Gasteiger partial charge in [0.2, 0.25) is 0 Å². The fourth-order valence-electron chi connectivity index (χ4n) is 2.72. The van der Waals surface area contributed by atoms with Crippen molar-refractivity contribution in [1.29, 1.82) is 5.41 Å². The number of hydroxylamine groups is 4. The van der Waals surface area contributed by atoms with E-state index in [9.17, 15) is 33.6 Å². The second kappa shape index (κ2) is 13.7. The zero-order valence-corrected chi connectivity index (χ0v) is 18.8. The molecule has 0 aliphatic carbocycles. The van der Waals surface area contributed by atoms with Gasteiger partial charge in [-0.3, -0.25) is 29.4 Å². The Morgan fingerprint density at radius 1 is 0.600 bits per heavy atom. The molecule has 192 valence electrons. The van der Waals surface area contributed by atoms with Gasteiger partial charge in [-0.25, -0.2) is 9.59 Å².